The second kappa shape index (κ2) is 2.72. The van der Waals surface area contributed by atoms with E-state index in [1.807, 2.05) is 0 Å². The Balaban J connectivity index is 1.51. The van der Waals surface area contributed by atoms with Crippen molar-refractivity contribution >= 4 is 0 Å². The molecule has 1 N–H and O–H groups in total. The van der Waals surface area contributed by atoms with E-state index in [1.165, 1.54) is 32.1 Å². The first-order chi connectivity index (χ1) is 10.2. The highest BCUT2D eigenvalue weighted by Crippen LogP contribution is 2.88. The van der Waals surface area contributed by atoms with Crippen LogP contribution in [0.15, 0.2) is 0 Å². The highest BCUT2D eigenvalue weighted by molar-refractivity contribution is 5.54. The molecule has 0 aromatic rings. The molecule has 0 aromatic carbocycles. The van der Waals surface area contributed by atoms with Crippen LogP contribution in [0.25, 0.3) is 0 Å². The molecule has 7 aliphatic rings. The van der Waals surface area contributed by atoms with E-state index in [9.17, 15) is 5.11 Å². The van der Waals surface area contributed by atoms with E-state index in [0.29, 0.717) is 5.92 Å². The van der Waals surface area contributed by atoms with Gasteiger partial charge in [-0.25, -0.2) is 0 Å². The van der Waals surface area contributed by atoms with Crippen LogP contribution >= 0.6 is 0 Å². The van der Waals surface area contributed by atoms with Crippen molar-refractivity contribution in [2.75, 3.05) is 0 Å². The summed E-state index contributed by atoms with van der Waals surface area (Å²) in [5.41, 5.74) is -1.22. The summed E-state index contributed by atoms with van der Waals surface area (Å²) in [5.74, 6) is 0.582. The maximum atomic E-state index is 11.3. The van der Waals surface area contributed by atoms with Crippen molar-refractivity contribution in [2.24, 2.45) is 5.92 Å². The third-order valence-corrected chi connectivity index (χ3v) is 8.49. The van der Waals surface area contributed by atoms with Gasteiger partial charge >= 0.3 is 0 Å². The van der Waals surface area contributed by atoms with Crippen molar-refractivity contribution < 1.29 is 19.3 Å². The molecule has 3 aliphatic heterocycles. The van der Waals surface area contributed by atoms with Gasteiger partial charge in [0.1, 0.15) is 28.5 Å². The molecule has 0 bridgehead atoms. The minimum atomic E-state index is -0.466. The summed E-state index contributed by atoms with van der Waals surface area (Å²) in [6.45, 7) is 0. The van der Waals surface area contributed by atoms with Crippen LogP contribution in [-0.2, 0) is 14.2 Å². The number of epoxide rings is 3. The summed E-state index contributed by atoms with van der Waals surface area (Å²) in [6.07, 6.45) is 10.2. The van der Waals surface area contributed by atoms with Gasteiger partial charge in [-0.3, -0.25) is 0 Å². The quantitative estimate of drug-likeness (QED) is 0.690. The zero-order valence-corrected chi connectivity index (χ0v) is 12.3. The average molecular weight is 290 g/mol. The van der Waals surface area contributed by atoms with Gasteiger partial charge in [0.2, 0.25) is 0 Å². The second-order valence-electron chi connectivity index (χ2n) is 8.66. The molecular formula is C17H22O4. The SMILES string of the molecule is OC1C23CCCCC2(O3)C23CCCC4CCC5OC51C42O3. The Morgan fingerprint density at radius 1 is 0.857 bits per heavy atom. The van der Waals surface area contributed by atoms with Crippen molar-refractivity contribution in [1.29, 1.82) is 0 Å². The summed E-state index contributed by atoms with van der Waals surface area (Å²) in [4.78, 5) is 0. The number of aliphatic hydroxyl groups is 1. The Bertz CT molecular complexity index is 593. The molecule has 4 heteroatoms. The standard InChI is InChI=1S/C17H22O4/c18-12-13-7-1-2-8-14(13,20-13)15-9-3-4-10-5-6-11-16(12,19-11)17(10,15)21-15/h10-12,18H,1-9H2. The van der Waals surface area contributed by atoms with Gasteiger partial charge in [0.25, 0.3) is 0 Å². The van der Waals surface area contributed by atoms with E-state index >= 15 is 0 Å². The number of aliphatic hydroxyl groups excluding tert-OH is 1. The van der Waals surface area contributed by atoms with Crippen LogP contribution in [0.3, 0.4) is 0 Å². The van der Waals surface area contributed by atoms with Crippen LogP contribution in [0.1, 0.15) is 57.8 Å². The average Bonchev–Trinajstić information content (AvgIpc) is 3.40. The maximum Gasteiger partial charge on any atom is 0.155 e. The minimum absolute atomic E-state index is 0.113. The maximum absolute atomic E-state index is 11.3. The van der Waals surface area contributed by atoms with Crippen LogP contribution in [0.5, 0.6) is 0 Å². The lowest BCUT2D eigenvalue weighted by molar-refractivity contribution is -0.0623. The summed E-state index contributed by atoms with van der Waals surface area (Å²) in [5, 5.41) is 11.3. The van der Waals surface area contributed by atoms with Crippen LogP contribution in [0, 0.1) is 5.92 Å². The second-order valence-corrected chi connectivity index (χ2v) is 8.66. The van der Waals surface area contributed by atoms with Crippen molar-refractivity contribution in [1.82, 2.24) is 0 Å². The van der Waals surface area contributed by atoms with E-state index < -0.39 is 11.7 Å². The Hall–Kier alpha value is -0.160. The molecule has 7 fully saturated rings. The molecule has 4 saturated carbocycles. The van der Waals surface area contributed by atoms with Gasteiger partial charge in [0, 0.05) is 0 Å². The van der Waals surface area contributed by atoms with Crippen LogP contribution in [0.4, 0.5) is 0 Å². The van der Waals surface area contributed by atoms with E-state index in [0.717, 1.165) is 25.7 Å². The zero-order chi connectivity index (χ0) is 13.7. The van der Waals surface area contributed by atoms with Gasteiger partial charge in [0.05, 0.1) is 6.10 Å². The minimum Gasteiger partial charge on any atom is -0.387 e. The first kappa shape index (κ1) is 11.4. The molecular weight excluding hydrogens is 268 g/mol. The number of ether oxygens (including phenoxy) is 3. The lowest BCUT2D eigenvalue weighted by Gasteiger charge is -2.49. The van der Waals surface area contributed by atoms with Gasteiger partial charge in [0.15, 0.2) is 5.60 Å². The Labute approximate surface area is 124 Å². The van der Waals surface area contributed by atoms with Crippen molar-refractivity contribution in [3.8, 4) is 0 Å². The highest BCUT2D eigenvalue weighted by Gasteiger charge is 3.07. The van der Waals surface area contributed by atoms with E-state index in [4.69, 9.17) is 14.2 Å². The zero-order valence-electron chi connectivity index (χ0n) is 12.3. The van der Waals surface area contributed by atoms with E-state index in [1.54, 1.807) is 0 Å². The topological polar surface area (TPSA) is 57.8 Å². The van der Waals surface area contributed by atoms with Gasteiger partial charge < -0.3 is 19.3 Å². The number of hydrogen-bond donors (Lipinski definition) is 1. The van der Waals surface area contributed by atoms with Crippen molar-refractivity contribution in [3.63, 3.8) is 0 Å². The lowest BCUT2D eigenvalue weighted by Crippen LogP contribution is -2.70. The van der Waals surface area contributed by atoms with Crippen molar-refractivity contribution in [2.45, 2.75) is 98.0 Å². The first-order valence-electron chi connectivity index (χ1n) is 8.95. The largest absolute Gasteiger partial charge is 0.387 e. The molecule has 3 saturated heterocycles. The summed E-state index contributed by atoms with van der Waals surface area (Å²) in [6, 6.07) is 0. The lowest BCUT2D eigenvalue weighted by atomic mass is 9.48. The van der Waals surface area contributed by atoms with Gasteiger partial charge in [-0.2, -0.15) is 0 Å². The van der Waals surface area contributed by atoms with Crippen LogP contribution in [-0.4, -0.2) is 45.3 Å². The third kappa shape index (κ3) is 0.749. The fourth-order valence-corrected chi connectivity index (χ4v) is 7.89. The van der Waals surface area contributed by atoms with Gasteiger partial charge in [-0.1, -0.05) is 12.8 Å². The van der Waals surface area contributed by atoms with Crippen LogP contribution in [0.2, 0.25) is 0 Å². The molecule has 2 spiro atoms. The fraction of sp³-hybridized carbons (Fsp3) is 1.00. The molecule has 8 atom stereocenters. The normalized spacial score (nSPS) is 75.0. The highest BCUT2D eigenvalue weighted by atomic mass is 16.8. The van der Waals surface area contributed by atoms with Crippen molar-refractivity contribution in [3.05, 3.63) is 0 Å². The third-order valence-electron chi connectivity index (χ3n) is 8.49. The Kier molecular flexibility index (Phi) is 1.48. The Morgan fingerprint density at radius 2 is 1.71 bits per heavy atom. The van der Waals surface area contributed by atoms with Gasteiger partial charge in [-0.05, 0) is 50.9 Å². The molecule has 7 rings (SSSR count). The monoisotopic (exact) mass is 290 g/mol. The molecule has 114 valence electrons. The summed E-state index contributed by atoms with van der Waals surface area (Å²) < 4.78 is 19.4. The molecule has 0 radical (unpaired) electrons. The van der Waals surface area contributed by atoms with E-state index in [2.05, 4.69) is 0 Å². The fourth-order valence-electron chi connectivity index (χ4n) is 7.89. The first-order valence-corrected chi connectivity index (χ1v) is 8.95. The van der Waals surface area contributed by atoms with E-state index in [-0.39, 0.29) is 28.5 Å². The molecule has 0 amide bonds. The molecule has 3 heterocycles. The summed E-state index contributed by atoms with van der Waals surface area (Å²) >= 11 is 0. The number of rotatable bonds is 0. The molecule has 4 nitrogen and oxygen atoms in total. The summed E-state index contributed by atoms with van der Waals surface area (Å²) in [7, 11) is 0. The molecule has 21 heavy (non-hydrogen) atoms. The predicted octanol–water partition coefficient (Wildman–Crippen LogP) is 1.68. The Morgan fingerprint density at radius 3 is 2.67 bits per heavy atom. The molecule has 0 aromatic heterocycles. The molecule has 8 unspecified atom stereocenters. The van der Waals surface area contributed by atoms with Gasteiger partial charge in [-0.15, -0.1) is 0 Å². The molecule has 4 aliphatic carbocycles. The van der Waals surface area contributed by atoms with Crippen LogP contribution < -0.4 is 0 Å². The predicted molar refractivity (Wildman–Crippen MR) is 71.7 cm³/mol. The number of hydrogen-bond acceptors (Lipinski definition) is 4. The smallest absolute Gasteiger partial charge is 0.155 e.